The van der Waals surface area contributed by atoms with Crippen molar-refractivity contribution in [2.45, 2.75) is 24.9 Å². The van der Waals surface area contributed by atoms with Gasteiger partial charge in [0.15, 0.2) is 17.0 Å². The lowest BCUT2D eigenvalue weighted by molar-refractivity contribution is -0.0432. The summed E-state index contributed by atoms with van der Waals surface area (Å²) in [4.78, 5) is 14.9. The molecule has 0 radical (unpaired) electrons. The van der Waals surface area contributed by atoms with Crippen LogP contribution in [0.1, 0.15) is 12.6 Å². The van der Waals surface area contributed by atoms with Gasteiger partial charge in [0, 0.05) is 20.5 Å². The number of hydrogen-bond acceptors (Lipinski definition) is 7. The number of ether oxygens (including phenoxy) is 1. The molecule has 3 heterocycles. The highest BCUT2D eigenvalue weighted by molar-refractivity contribution is 9.10. The molecule has 0 aromatic carbocycles. The normalized spacial score (nSPS) is 25.7. The molecule has 2 N–H and O–H groups in total. The quantitative estimate of drug-likeness (QED) is 0.762. The van der Waals surface area contributed by atoms with Gasteiger partial charge in [0.1, 0.15) is 12.3 Å². The van der Waals surface area contributed by atoms with Gasteiger partial charge < -0.3 is 19.8 Å². The molecule has 2 aromatic heterocycles. The first-order valence-corrected chi connectivity index (χ1v) is 7.32. The summed E-state index contributed by atoms with van der Waals surface area (Å²) >= 11 is 3.30. The van der Waals surface area contributed by atoms with Crippen LogP contribution in [0.15, 0.2) is 11.1 Å². The Morgan fingerprint density at radius 3 is 2.86 bits per heavy atom. The molecule has 0 spiro atoms. The molecule has 3 rings (SSSR count). The second-order valence-corrected chi connectivity index (χ2v) is 5.86. The highest BCUT2D eigenvalue weighted by atomic mass is 79.9. The molecule has 3 atom stereocenters. The first-order chi connectivity index (χ1) is 10.0. The summed E-state index contributed by atoms with van der Waals surface area (Å²) in [7, 11) is 3.76. The van der Waals surface area contributed by atoms with E-state index >= 15 is 0 Å². The molecule has 1 aliphatic rings. The number of aliphatic hydroxyl groups is 2. The maximum Gasteiger partial charge on any atom is 0.200 e. The van der Waals surface area contributed by atoms with Crippen LogP contribution in [-0.4, -0.2) is 62.6 Å². The van der Waals surface area contributed by atoms with E-state index in [9.17, 15) is 10.2 Å². The van der Waals surface area contributed by atoms with Crippen LogP contribution in [0.25, 0.3) is 11.2 Å². The van der Waals surface area contributed by atoms with Gasteiger partial charge in [0.25, 0.3) is 0 Å². The number of fused-ring (bicyclic) bond motifs is 1. The van der Waals surface area contributed by atoms with Crippen LogP contribution >= 0.6 is 15.9 Å². The standard InChI is InChI=1S/C12H16BrN5O3/c1-17(2)10-9-11(16-12(13)15-10)18(5-14-9)8-3-6(20)7(4-19)21-8/h5-8,19-20H,3-4H2,1-2H3/t6-,7+,8+/m0/s1. The van der Waals surface area contributed by atoms with Gasteiger partial charge in [-0.1, -0.05) is 0 Å². The minimum atomic E-state index is -0.698. The third kappa shape index (κ3) is 2.50. The van der Waals surface area contributed by atoms with Gasteiger partial charge in [-0.3, -0.25) is 4.57 Å². The third-order valence-corrected chi connectivity index (χ3v) is 3.85. The number of aromatic nitrogens is 4. The summed E-state index contributed by atoms with van der Waals surface area (Å²) in [6.45, 7) is -0.216. The maximum absolute atomic E-state index is 9.86. The molecule has 0 unspecified atom stereocenters. The van der Waals surface area contributed by atoms with E-state index in [0.29, 0.717) is 28.1 Å². The van der Waals surface area contributed by atoms with E-state index in [1.807, 2.05) is 19.0 Å². The second-order valence-electron chi connectivity index (χ2n) is 5.15. The van der Waals surface area contributed by atoms with E-state index in [0.717, 1.165) is 0 Å². The van der Waals surface area contributed by atoms with Crippen molar-refractivity contribution in [1.29, 1.82) is 0 Å². The molecule has 9 heteroatoms. The molecule has 0 bridgehead atoms. The van der Waals surface area contributed by atoms with Crippen LogP contribution in [0.3, 0.4) is 0 Å². The lowest BCUT2D eigenvalue weighted by atomic mass is 10.2. The molecule has 114 valence electrons. The van der Waals surface area contributed by atoms with Crippen LogP contribution in [0.2, 0.25) is 0 Å². The van der Waals surface area contributed by atoms with Crippen molar-refractivity contribution in [2.24, 2.45) is 0 Å². The van der Waals surface area contributed by atoms with Crippen LogP contribution in [0, 0.1) is 0 Å². The summed E-state index contributed by atoms with van der Waals surface area (Å²) in [6.07, 6.45) is 0.326. The zero-order chi connectivity index (χ0) is 15.1. The zero-order valence-electron chi connectivity index (χ0n) is 11.6. The molecular weight excluding hydrogens is 342 g/mol. The summed E-state index contributed by atoms with van der Waals surface area (Å²) in [5.41, 5.74) is 1.28. The van der Waals surface area contributed by atoms with Crippen molar-refractivity contribution in [3.63, 3.8) is 0 Å². The molecule has 8 nitrogen and oxygen atoms in total. The Hall–Kier alpha value is -1.29. The Morgan fingerprint density at radius 1 is 1.48 bits per heavy atom. The summed E-state index contributed by atoms with van der Waals surface area (Å²) in [6, 6.07) is 0. The van der Waals surface area contributed by atoms with Crippen LogP contribution < -0.4 is 4.90 Å². The van der Waals surface area contributed by atoms with E-state index in [1.165, 1.54) is 0 Å². The van der Waals surface area contributed by atoms with E-state index in [-0.39, 0.29) is 6.61 Å². The molecule has 2 aromatic rings. The molecule has 0 aliphatic carbocycles. The minimum Gasteiger partial charge on any atom is -0.394 e. The molecule has 21 heavy (non-hydrogen) atoms. The van der Waals surface area contributed by atoms with Crippen LogP contribution in [0.5, 0.6) is 0 Å². The number of nitrogens with zero attached hydrogens (tertiary/aromatic N) is 5. The van der Waals surface area contributed by atoms with E-state index in [1.54, 1.807) is 10.9 Å². The predicted molar refractivity (Wildman–Crippen MR) is 79.0 cm³/mol. The number of halogens is 1. The smallest absolute Gasteiger partial charge is 0.200 e. The first-order valence-electron chi connectivity index (χ1n) is 6.53. The monoisotopic (exact) mass is 357 g/mol. The topological polar surface area (TPSA) is 96.5 Å². The number of anilines is 1. The number of imidazole rings is 1. The average molecular weight is 358 g/mol. The van der Waals surface area contributed by atoms with Gasteiger partial charge in [-0.15, -0.1) is 0 Å². The van der Waals surface area contributed by atoms with E-state index < -0.39 is 18.4 Å². The fourth-order valence-electron chi connectivity index (χ4n) is 2.45. The summed E-state index contributed by atoms with van der Waals surface area (Å²) in [5.74, 6) is 0.697. The van der Waals surface area contributed by atoms with Gasteiger partial charge in [-0.2, -0.15) is 0 Å². The Balaban J connectivity index is 2.05. The van der Waals surface area contributed by atoms with Gasteiger partial charge >= 0.3 is 0 Å². The Bertz CT molecular complexity index is 662. The largest absolute Gasteiger partial charge is 0.394 e. The van der Waals surface area contributed by atoms with Gasteiger partial charge in [-0.05, 0) is 15.9 Å². The van der Waals surface area contributed by atoms with Crippen LogP contribution in [-0.2, 0) is 4.74 Å². The predicted octanol–water partition coefficient (Wildman–Crippen LogP) is 0.295. The summed E-state index contributed by atoms with van der Waals surface area (Å²) in [5, 5.41) is 19.0. The molecule has 1 aliphatic heterocycles. The lowest BCUT2D eigenvalue weighted by Gasteiger charge is -2.15. The Morgan fingerprint density at radius 2 is 2.24 bits per heavy atom. The maximum atomic E-state index is 9.86. The van der Waals surface area contributed by atoms with Gasteiger partial charge in [0.05, 0.1) is 19.0 Å². The molecular formula is C12H16BrN5O3. The minimum absolute atomic E-state index is 0.216. The van der Waals surface area contributed by atoms with Crippen molar-refractivity contribution < 1.29 is 14.9 Å². The van der Waals surface area contributed by atoms with Gasteiger partial charge in [-0.25, -0.2) is 15.0 Å². The Labute approximate surface area is 129 Å². The van der Waals surface area contributed by atoms with E-state index in [2.05, 4.69) is 30.9 Å². The number of aliphatic hydroxyl groups excluding tert-OH is 2. The van der Waals surface area contributed by atoms with Gasteiger partial charge in [0.2, 0.25) is 4.73 Å². The third-order valence-electron chi connectivity index (χ3n) is 3.49. The lowest BCUT2D eigenvalue weighted by Crippen LogP contribution is -2.24. The molecule has 1 saturated heterocycles. The highest BCUT2D eigenvalue weighted by Crippen LogP contribution is 2.32. The number of rotatable bonds is 3. The Kier molecular flexibility index (Phi) is 3.82. The average Bonchev–Trinajstić information content (AvgIpc) is 3.00. The van der Waals surface area contributed by atoms with E-state index in [4.69, 9.17) is 4.74 Å². The fourth-order valence-corrected chi connectivity index (χ4v) is 2.78. The molecule has 0 amide bonds. The summed E-state index contributed by atoms with van der Waals surface area (Å²) < 4.78 is 7.86. The highest BCUT2D eigenvalue weighted by Gasteiger charge is 2.35. The van der Waals surface area contributed by atoms with Crippen molar-refractivity contribution >= 4 is 32.9 Å². The van der Waals surface area contributed by atoms with Crippen molar-refractivity contribution in [1.82, 2.24) is 19.5 Å². The SMILES string of the molecule is CN(C)c1nc(Br)nc2c1ncn2[C@H]1C[C@H](O)[C@@H](CO)O1. The first kappa shape index (κ1) is 14.6. The van der Waals surface area contributed by atoms with Crippen LogP contribution in [0.4, 0.5) is 5.82 Å². The van der Waals surface area contributed by atoms with Crippen molar-refractivity contribution in [2.75, 3.05) is 25.6 Å². The second kappa shape index (κ2) is 5.48. The molecule has 0 saturated carbocycles. The van der Waals surface area contributed by atoms with Crippen molar-refractivity contribution in [3.8, 4) is 0 Å². The number of hydrogen-bond donors (Lipinski definition) is 2. The van der Waals surface area contributed by atoms with Crippen molar-refractivity contribution in [3.05, 3.63) is 11.1 Å². The zero-order valence-corrected chi connectivity index (χ0v) is 13.2. The fraction of sp³-hybridized carbons (Fsp3) is 0.583. The molecule has 1 fully saturated rings.